The Morgan fingerprint density at radius 1 is 0.848 bits per heavy atom. The zero-order valence-electron chi connectivity index (χ0n) is 18.7. The van der Waals surface area contributed by atoms with Crippen LogP contribution in [0.4, 0.5) is 0 Å². The molecular weight excluding hydrogens is 426 g/mol. The number of pyridine rings is 2. The maximum absolute atomic E-state index is 4.79. The Morgan fingerprint density at radius 2 is 1.73 bits per heavy atom. The Morgan fingerprint density at radius 3 is 2.55 bits per heavy atom. The molecule has 0 fully saturated rings. The van der Waals surface area contributed by atoms with Crippen LogP contribution in [0.2, 0.25) is 0 Å². The molecule has 1 N–H and O–H groups in total. The van der Waals surface area contributed by atoms with Gasteiger partial charge in [0, 0.05) is 43.6 Å². The summed E-state index contributed by atoms with van der Waals surface area (Å²) in [5.74, 6) is 0. The van der Waals surface area contributed by atoms with E-state index in [-0.39, 0.29) is 0 Å². The van der Waals surface area contributed by atoms with E-state index in [4.69, 9.17) is 4.98 Å². The highest BCUT2D eigenvalue weighted by Crippen LogP contribution is 2.35. The van der Waals surface area contributed by atoms with Crippen molar-refractivity contribution in [3.63, 3.8) is 0 Å². The molecule has 3 heterocycles. The van der Waals surface area contributed by atoms with Crippen LogP contribution in [0.3, 0.4) is 0 Å². The third-order valence-electron chi connectivity index (χ3n) is 6.20. The molecule has 0 spiro atoms. The molecule has 1 aliphatic carbocycles. The van der Waals surface area contributed by atoms with E-state index in [1.165, 1.54) is 28.8 Å². The number of fused-ring (bicyclic) bond motifs is 1. The lowest BCUT2D eigenvalue weighted by Crippen LogP contribution is -2.31. The van der Waals surface area contributed by atoms with E-state index < -0.39 is 0 Å². The molecule has 0 bridgehead atoms. The van der Waals surface area contributed by atoms with Crippen molar-refractivity contribution in [2.45, 2.75) is 51.5 Å². The molecule has 3 aromatic heterocycles. The number of thiazole rings is 1. The highest BCUT2D eigenvalue weighted by Gasteiger charge is 2.27. The van der Waals surface area contributed by atoms with Crippen molar-refractivity contribution < 1.29 is 0 Å². The zero-order valence-corrected chi connectivity index (χ0v) is 19.5. The molecule has 1 atom stereocenters. The second kappa shape index (κ2) is 10.8. The van der Waals surface area contributed by atoms with Gasteiger partial charge in [0.2, 0.25) is 0 Å². The molecule has 5 rings (SSSR count). The second-order valence-corrected chi connectivity index (χ2v) is 9.51. The fourth-order valence-corrected chi connectivity index (χ4v) is 5.20. The largest absolute Gasteiger partial charge is 0.307 e. The summed E-state index contributed by atoms with van der Waals surface area (Å²) >= 11 is 1.73. The van der Waals surface area contributed by atoms with Gasteiger partial charge in [0.15, 0.2) is 0 Å². The highest BCUT2D eigenvalue weighted by atomic mass is 32.1. The highest BCUT2D eigenvalue weighted by molar-refractivity contribution is 7.09. The van der Waals surface area contributed by atoms with Crippen LogP contribution in [0.15, 0.2) is 78.6 Å². The molecule has 1 unspecified atom stereocenters. The molecule has 0 aliphatic heterocycles. The Hall–Kier alpha value is -2.93. The maximum Gasteiger partial charge on any atom is 0.107 e. The first-order valence-corrected chi connectivity index (χ1v) is 12.5. The summed E-state index contributed by atoms with van der Waals surface area (Å²) in [5.41, 5.74) is 6.31. The molecule has 1 aromatic carbocycles. The van der Waals surface area contributed by atoms with E-state index in [1.807, 2.05) is 36.8 Å². The predicted octanol–water partition coefficient (Wildman–Crippen LogP) is 5.30. The first-order valence-electron chi connectivity index (χ1n) is 11.6. The Balaban J connectivity index is 1.27. The van der Waals surface area contributed by atoms with Gasteiger partial charge in [0.05, 0.1) is 24.0 Å². The fraction of sp³-hybridized carbons (Fsp3) is 0.296. The van der Waals surface area contributed by atoms with Gasteiger partial charge < -0.3 is 5.32 Å². The smallest absolute Gasteiger partial charge is 0.107 e. The van der Waals surface area contributed by atoms with E-state index in [9.17, 15) is 0 Å². The Kier molecular flexibility index (Phi) is 7.16. The zero-order chi connectivity index (χ0) is 22.3. The summed E-state index contributed by atoms with van der Waals surface area (Å²) in [6, 6.07) is 19.6. The monoisotopic (exact) mass is 455 g/mol. The van der Waals surface area contributed by atoms with Gasteiger partial charge in [-0.3, -0.25) is 14.9 Å². The van der Waals surface area contributed by atoms with Crippen LogP contribution in [-0.2, 0) is 32.6 Å². The van der Waals surface area contributed by atoms with Crippen LogP contribution >= 0.6 is 11.3 Å². The van der Waals surface area contributed by atoms with Crippen LogP contribution in [0.1, 0.15) is 52.0 Å². The molecule has 0 radical (unpaired) electrons. The van der Waals surface area contributed by atoms with Crippen LogP contribution in [0, 0.1) is 0 Å². The van der Waals surface area contributed by atoms with Gasteiger partial charge in [0.1, 0.15) is 5.01 Å². The summed E-state index contributed by atoms with van der Waals surface area (Å²) in [7, 11) is 0. The lowest BCUT2D eigenvalue weighted by molar-refractivity contribution is 0.157. The summed E-state index contributed by atoms with van der Waals surface area (Å²) in [5, 5.41) is 6.71. The quantitative estimate of drug-likeness (QED) is 0.371. The maximum atomic E-state index is 4.79. The minimum atomic E-state index is 0.332. The average molecular weight is 456 g/mol. The molecule has 6 heteroatoms. The van der Waals surface area contributed by atoms with Crippen molar-refractivity contribution in [3.05, 3.63) is 112 Å². The number of hydrogen-bond acceptors (Lipinski definition) is 6. The minimum Gasteiger partial charge on any atom is -0.307 e. The number of aromatic nitrogens is 3. The molecular formula is C27H29N5S. The molecule has 33 heavy (non-hydrogen) atoms. The number of hydrogen-bond donors (Lipinski definition) is 1. The first-order chi connectivity index (χ1) is 16.3. The topological polar surface area (TPSA) is 53.9 Å². The van der Waals surface area contributed by atoms with Crippen LogP contribution in [-0.4, -0.2) is 19.9 Å². The predicted molar refractivity (Wildman–Crippen MR) is 132 cm³/mol. The molecule has 1 aliphatic rings. The van der Waals surface area contributed by atoms with Gasteiger partial charge in [0.25, 0.3) is 0 Å². The van der Waals surface area contributed by atoms with Crippen molar-refractivity contribution >= 4 is 11.3 Å². The number of benzene rings is 1. The number of nitrogens with one attached hydrogen (secondary N) is 1. The van der Waals surface area contributed by atoms with Gasteiger partial charge in [-0.15, -0.1) is 11.3 Å². The molecule has 0 saturated carbocycles. The minimum absolute atomic E-state index is 0.332. The Labute approximate surface area is 199 Å². The number of nitrogens with zero attached hydrogens (tertiary/aromatic N) is 4. The van der Waals surface area contributed by atoms with Crippen molar-refractivity contribution in [2.24, 2.45) is 0 Å². The van der Waals surface area contributed by atoms with Gasteiger partial charge in [-0.25, -0.2) is 4.98 Å². The van der Waals surface area contributed by atoms with Gasteiger partial charge >= 0.3 is 0 Å². The van der Waals surface area contributed by atoms with Crippen molar-refractivity contribution in [1.82, 2.24) is 25.2 Å². The fourth-order valence-electron chi connectivity index (χ4n) is 4.56. The second-order valence-electron chi connectivity index (χ2n) is 8.53. The van der Waals surface area contributed by atoms with Gasteiger partial charge in [-0.2, -0.15) is 0 Å². The third kappa shape index (κ3) is 5.71. The lowest BCUT2D eigenvalue weighted by Gasteiger charge is -2.34. The van der Waals surface area contributed by atoms with Crippen molar-refractivity contribution in [2.75, 3.05) is 0 Å². The van der Waals surface area contributed by atoms with Crippen molar-refractivity contribution in [3.8, 4) is 0 Å². The van der Waals surface area contributed by atoms with Gasteiger partial charge in [-0.1, -0.05) is 36.4 Å². The van der Waals surface area contributed by atoms with E-state index >= 15 is 0 Å². The van der Waals surface area contributed by atoms with Crippen LogP contribution in [0.5, 0.6) is 0 Å². The first kappa shape index (κ1) is 21.9. The van der Waals surface area contributed by atoms with E-state index in [1.54, 1.807) is 11.3 Å². The van der Waals surface area contributed by atoms with Gasteiger partial charge in [-0.05, 0) is 54.2 Å². The standard InChI is InChI=1S/C27H29N5S/c1-2-13-29-24(7-1)18-28-17-21-9-11-22(12-10-21)19-32(20-26-30-15-16-33-26)25-8-3-5-23-6-4-14-31-27(23)25/h1-2,4,6-7,9-16,25,28H,3,5,8,17-20H2. The molecule has 4 aromatic rings. The van der Waals surface area contributed by atoms with Crippen molar-refractivity contribution in [1.29, 1.82) is 0 Å². The average Bonchev–Trinajstić information content (AvgIpc) is 3.38. The summed E-state index contributed by atoms with van der Waals surface area (Å²) in [6.45, 7) is 3.35. The Bertz CT molecular complexity index is 1130. The SMILES string of the molecule is c1ccc(CNCc2ccc(CN(Cc3nccs3)C3CCCc4cccnc43)cc2)nc1. The molecule has 0 saturated heterocycles. The molecule has 168 valence electrons. The van der Waals surface area contributed by atoms with E-state index in [0.717, 1.165) is 49.7 Å². The number of rotatable bonds is 9. The van der Waals surface area contributed by atoms with E-state index in [0.29, 0.717) is 6.04 Å². The summed E-state index contributed by atoms with van der Waals surface area (Å²) in [6.07, 6.45) is 9.15. The van der Waals surface area contributed by atoms with Crippen LogP contribution < -0.4 is 5.32 Å². The number of aryl methyl sites for hydroxylation is 1. The van der Waals surface area contributed by atoms with Crippen LogP contribution in [0.25, 0.3) is 0 Å². The molecule has 0 amide bonds. The summed E-state index contributed by atoms with van der Waals surface area (Å²) < 4.78 is 0. The lowest BCUT2D eigenvalue weighted by atomic mass is 9.90. The molecule has 5 nitrogen and oxygen atoms in total. The summed E-state index contributed by atoms with van der Waals surface area (Å²) in [4.78, 5) is 16.3. The normalized spacial score (nSPS) is 15.5. The van der Waals surface area contributed by atoms with E-state index in [2.05, 4.69) is 62.0 Å². The third-order valence-corrected chi connectivity index (χ3v) is 6.96.